The minimum Gasteiger partial charge on any atom is -0.484 e. The van der Waals surface area contributed by atoms with Gasteiger partial charge in [0.05, 0.1) is 6.54 Å². The van der Waals surface area contributed by atoms with E-state index in [1.165, 1.54) is 0 Å². The third-order valence-corrected chi connectivity index (χ3v) is 4.91. The molecule has 0 unspecified atom stereocenters. The van der Waals surface area contributed by atoms with Crippen LogP contribution in [0.5, 0.6) is 5.75 Å². The lowest BCUT2D eigenvalue weighted by atomic mass is 10.0. The second kappa shape index (κ2) is 10.4. The van der Waals surface area contributed by atoms with Gasteiger partial charge in [-0.1, -0.05) is 48.0 Å². The number of carbonyl (C=O) groups is 3. The van der Waals surface area contributed by atoms with E-state index in [2.05, 4.69) is 10.6 Å². The Kier molecular flexibility index (Phi) is 7.39. The summed E-state index contributed by atoms with van der Waals surface area (Å²) < 4.78 is 5.46. The third-order valence-electron chi connectivity index (χ3n) is 4.91. The maximum Gasteiger partial charge on any atom is 0.258 e. The molecule has 0 radical (unpaired) electrons. The van der Waals surface area contributed by atoms with E-state index in [1.807, 2.05) is 51.1 Å². The molecule has 2 N–H and O–H groups in total. The van der Waals surface area contributed by atoms with Crippen LogP contribution in [0.15, 0.2) is 66.7 Å². The standard InChI is InChI=1S/C26H26N2O4/c1-17-13-18(2)25(19(3)14-17)28-23(29)15-27-24(30)16-32-22-11-9-21(10-12-22)26(31)20-7-5-4-6-8-20/h4-14H,15-16H2,1-3H3,(H,27,30)(H,28,29). The number of amides is 2. The summed E-state index contributed by atoms with van der Waals surface area (Å²) in [6.45, 7) is 5.48. The Morgan fingerprint density at radius 1 is 0.781 bits per heavy atom. The van der Waals surface area contributed by atoms with Gasteiger partial charge in [0.2, 0.25) is 5.91 Å². The lowest BCUT2D eigenvalue weighted by molar-refractivity contribution is -0.125. The Morgan fingerprint density at radius 3 is 2.00 bits per heavy atom. The van der Waals surface area contributed by atoms with Gasteiger partial charge in [0.1, 0.15) is 5.75 Å². The summed E-state index contributed by atoms with van der Waals surface area (Å²) in [5, 5.41) is 5.38. The molecule has 6 heteroatoms. The van der Waals surface area contributed by atoms with Crippen LogP contribution in [0.2, 0.25) is 0 Å². The lowest BCUT2D eigenvalue weighted by Crippen LogP contribution is -2.36. The number of aryl methyl sites for hydroxylation is 3. The summed E-state index contributed by atoms with van der Waals surface area (Å²) in [4.78, 5) is 36.7. The highest BCUT2D eigenvalue weighted by Crippen LogP contribution is 2.21. The molecule has 3 aromatic rings. The number of hydrogen-bond donors (Lipinski definition) is 2. The van der Waals surface area contributed by atoms with Crippen LogP contribution in [0, 0.1) is 20.8 Å². The van der Waals surface area contributed by atoms with Crippen molar-refractivity contribution in [2.24, 2.45) is 0 Å². The highest BCUT2D eigenvalue weighted by Gasteiger charge is 2.11. The molecule has 3 rings (SSSR count). The van der Waals surface area contributed by atoms with E-state index in [-0.39, 0.29) is 24.8 Å². The number of hydrogen-bond acceptors (Lipinski definition) is 4. The topological polar surface area (TPSA) is 84.5 Å². The van der Waals surface area contributed by atoms with Crippen molar-refractivity contribution in [2.45, 2.75) is 20.8 Å². The van der Waals surface area contributed by atoms with Gasteiger partial charge < -0.3 is 15.4 Å². The van der Waals surface area contributed by atoms with E-state index in [4.69, 9.17) is 4.74 Å². The molecule has 32 heavy (non-hydrogen) atoms. The van der Waals surface area contributed by atoms with Gasteiger partial charge in [0.15, 0.2) is 12.4 Å². The number of anilines is 1. The third kappa shape index (κ3) is 6.04. The molecule has 0 aliphatic rings. The van der Waals surface area contributed by atoms with Crippen molar-refractivity contribution in [1.82, 2.24) is 5.32 Å². The van der Waals surface area contributed by atoms with Crippen LogP contribution >= 0.6 is 0 Å². The van der Waals surface area contributed by atoms with Crippen molar-refractivity contribution in [3.63, 3.8) is 0 Å². The fourth-order valence-electron chi connectivity index (χ4n) is 3.40. The average molecular weight is 431 g/mol. The lowest BCUT2D eigenvalue weighted by Gasteiger charge is -2.13. The van der Waals surface area contributed by atoms with Crippen LogP contribution in [-0.4, -0.2) is 30.7 Å². The van der Waals surface area contributed by atoms with Crippen molar-refractivity contribution in [1.29, 1.82) is 0 Å². The number of benzene rings is 3. The number of nitrogens with one attached hydrogen (secondary N) is 2. The second-order valence-electron chi connectivity index (χ2n) is 7.61. The highest BCUT2D eigenvalue weighted by atomic mass is 16.5. The zero-order valence-electron chi connectivity index (χ0n) is 18.4. The first kappa shape index (κ1) is 22.7. The maximum absolute atomic E-state index is 12.4. The van der Waals surface area contributed by atoms with Crippen LogP contribution in [0.3, 0.4) is 0 Å². The van der Waals surface area contributed by atoms with Crippen LogP contribution in [0.25, 0.3) is 0 Å². The first-order chi connectivity index (χ1) is 15.3. The first-order valence-corrected chi connectivity index (χ1v) is 10.3. The molecule has 0 fully saturated rings. The van der Waals surface area contributed by atoms with Crippen LogP contribution in [0.4, 0.5) is 5.69 Å². The Bertz CT molecular complexity index is 1100. The SMILES string of the molecule is Cc1cc(C)c(NC(=O)CNC(=O)COc2ccc(C(=O)c3ccccc3)cc2)c(C)c1. The van der Waals surface area contributed by atoms with Gasteiger partial charge in [-0.3, -0.25) is 14.4 Å². The summed E-state index contributed by atoms with van der Waals surface area (Å²) in [6, 6.07) is 19.6. The summed E-state index contributed by atoms with van der Waals surface area (Å²) in [7, 11) is 0. The van der Waals surface area contributed by atoms with Crippen molar-refractivity contribution >= 4 is 23.3 Å². The predicted molar refractivity (Wildman–Crippen MR) is 124 cm³/mol. The van der Waals surface area contributed by atoms with Gasteiger partial charge in [-0.15, -0.1) is 0 Å². The van der Waals surface area contributed by atoms with E-state index in [1.54, 1.807) is 36.4 Å². The Hall–Kier alpha value is -3.93. The van der Waals surface area contributed by atoms with Crippen molar-refractivity contribution in [3.8, 4) is 5.75 Å². The zero-order valence-corrected chi connectivity index (χ0v) is 18.4. The molecular formula is C26H26N2O4. The molecule has 0 aliphatic heterocycles. The molecule has 0 aromatic heterocycles. The van der Waals surface area contributed by atoms with E-state index in [9.17, 15) is 14.4 Å². The second-order valence-corrected chi connectivity index (χ2v) is 7.61. The van der Waals surface area contributed by atoms with Crippen LogP contribution < -0.4 is 15.4 Å². The van der Waals surface area contributed by atoms with E-state index in [0.717, 1.165) is 22.4 Å². The Balaban J connectivity index is 1.46. The van der Waals surface area contributed by atoms with Gasteiger partial charge in [-0.05, 0) is 56.2 Å². The molecule has 0 heterocycles. The van der Waals surface area contributed by atoms with E-state index in [0.29, 0.717) is 16.9 Å². The monoisotopic (exact) mass is 430 g/mol. The Morgan fingerprint density at radius 2 is 1.38 bits per heavy atom. The fourth-order valence-corrected chi connectivity index (χ4v) is 3.40. The molecule has 164 valence electrons. The molecule has 0 bridgehead atoms. The molecule has 6 nitrogen and oxygen atoms in total. The number of ether oxygens (including phenoxy) is 1. The highest BCUT2D eigenvalue weighted by molar-refractivity contribution is 6.09. The van der Waals surface area contributed by atoms with Gasteiger partial charge in [0, 0.05) is 16.8 Å². The normalized spacial score (nSPS) is 10.3. The molecule has 0 saturated carbocycles. The van der Waals surface area contributed by atoms with Gasteiger partial charge in [-0.2, -0.15) is 0 Å². The number of rotatable bonds is 8. The van der Waals surface area contributed by atoms with Crippen LogP contribution in [0.1, 0.15) is 32.6 Å². The summed E-state index contributed by atoms with van der Waals surface area (Å²) in [6.07, 6.45) is 0. The minimum atomic E-state index is -0.415. The smallest absolute Gasteiger partial charge is 0.258 e. The number of carbonyl (C=O) groups excluding carboxylic acids is 3. The van der Waals surface area contributed by atoms with Crippen molar-refractivity contribution < 1.29 is 19.1 Å². The largest absolute Gasteiger partial charge is 0.484 e. The predicted octanol–water partition coefficient (Wildman–Crippen LogP) is 3.98. The van der Waals surface area contributed by atoms with Gasteiger partial charge in [0.25, 0.3) is 5.91 Å². The average Bonchev–Trinajstić information content (AvgIpc) is 2.79. The van der Waals surface area contributed by atoms with E-state index < -0.39 is 5.91 Å². The summed E-state index contributed by atoms with van der Waals surface area (Å²) in [5.74, 6) is -0.348. The molecule has 0 atom stereocenters. The first-order valence-electron chi connectivity index (χ1n) is 10.3. The molecule has 0 saturated heterocycles. The van der Waals surface area contributed by atoms with Crippen molar-refractivity contribution in [3.05, 3.63) is 94.5 Å². The van der Waals surface area contributed by atoms with Gasteiger partial charge in [-0.25, -0.2) is 0 Å². The van der Waals surface area contributed by atoms with Gasteiger partial charge >= 0.3 is 0 Å². The Labute approximate surface area is 187 Å². The maximum atomic E-state index is 12.4. The van der Waals surface area contributed by atoms with Crippen LogP contribution in [-0.2, 0) is 9.59 Å². The molecule has 0 spiro atoms. The quantitative estimate of drug-likeness (QED) is 0.530. The molecule has 3 aromatic carbocycles. The summed E-state index contributed by atoms with van der Waals surface area (Å²) in [5.41, 5.74) is 4.97. The molecule has 0 aliphatic carbocycles. The minimum absolute atomic E-state index is 0.0834. The van der Waals surface area contributed by atoms with E-state index >= 15 is 0 Å². The summed E-state index contributed by atoms with van der Waals surface area (Å²) >= 11 is 0. The molecule has 2 amide bonds. The molecular weight excluding hydrogens is 404 g/mol. The number of ketones is 1. The fraction of sp³-hybridized carbons (Fsp3) is 0.192. The van der Waals surface area contributed by atoms with Crippen molar-refractivity contribution in [2.75, 3.05) is 18.5 Å². The zero-order chi connectivity index (χ0) is 23.1.